The first-order valence-corrected chi connectivity index (χ1v) is 4.41. The molecular weight excluding hydrogens is 240 g/mol. The van der Waals surface area contributed by atoms with Gasteiger partial charge in [0.2, 0.25) is 0 Å². The van der Waals surface area contributed by atoms with E-state index in [9.17, 15) is 26.3 Å². The summed E-state index contributed by atoms with van der Waals surface area (Å²) in [6, 6.07) is -5.06. The molecule has 0 unspecified atom stereocenters. The van der Waals surface area contributed by atoms with Crippen LogP contribution in [0.4, 0.5) is 26.3 Å². The molecule has 1 heterocycles. The first kappa shape index (κ1) is 13.6. The maximum atomic E-state index is 13.2. The molecule has 0 amide bonds. The molecule has 0 atom stereocenters. The minimum absolute atomic E-state index is 0.378. The van der Waals surface area contributed by atoms with Gasteiger partial charge in [-0.05, 0) is 20.8 Å². The molecule has 1 saturated heterocycles. The highest BCUT2D eigenvalue weighted by Crippen LogP contribution is 2.52. The number of rotatable bonds is 0. The first-order valence-electron chi connectivity index (χ1n) is 4.41. The maximum Gasteiger partial charge on any atom is 0.395 e. The first-order chi connectivity index (χ1) is 6.84. The van der Waals surface area contributed by atoms with E-state index in [-0.39, 0.29) is 5.06 Å². The van der Waals surface area contributed by atoms with Gasteiger partial charge in [0.1, 0.15) is 6.61 Å². The Hall–Kier alpha value is -0.500. The van der Waals surface area contributed by atoms with Crippen molar-refractivity contribution in [1.29, 1.82) is 0 Å². The van der Waals surface area contributed by atoms with Crippen LogP contribution in [0, 0.1) is 0 Å². The molecule has 0 bridgehead atoms. The molecule has 1 aliphatic rings. The number of hydroxylamine groups is 2. The van der Waals surface area contributed by atoms with Crippen LogP contribution in [0.5, 0.6) is 0 Å². The van der Waals surface area contributed by atoms with Crippen molar-refractivity contribution in [2.45, 2.75) is 44.2 Å². The third-order valence-electron chi connectivity index (χ3n) is 2.08. The van der Waals surface area contributed by atoms with Crippen LogP contribution in [-0.4, -0.2) is 35.1 Å². The van der Waals surface area contributed by atoms with Gasteiger partial charge >= 0.3 is 17.9 Å². The molecule has 16 heavy (non-hydrogen) atoms. The number of nitrogens with zero attached hydrogens (tertiary/aromatic N) is 1. The lowest BCUT2D eigenvalue weighted by atomic mass is 10.0. The number of alkyl halides is 6. The Bertz CT molecular complexity index is 285. The third kappa shape index (κ3) is 1.67. The topological polar surface area (TPSA) is 12.5 Å². The molecule has 2 nitrogen and oxygen atoms in total. The van der Waals surface area contributed by atoms with Gasteiger partial charge in [-0.25, -0.2) is 0 Å². The number of hydrogen-bond donors (Lipinski definition) is 0. The summed E-state index contributed by atoms with van der Waals surface area (Å²) in [5, 5.41) is -0.378. The molecule has 1 fully saturated rings. The van der Waals surface area contributed by atoms with E-state index in [0.717, 1.165) is 20.8 Å². The highest BCUT2D eigenvalue weighted by molar-refractivity contribution is 4.99. The standard InChI is InChI=1S/C8H11F6NO/c1-5(2,3)15-8(13,14)7(11,12)6(9,10)4-16-15/h4H2,1-3H3. The van der Waals surface area contributed by atoms with E-state index in [1.54, 1.807) is 0 Å². The summed E-state index contributed by atoms with van der Waals surface area (Å²) in [6.45, 7) is 1.69. The zero-order valence-corrected chi connectivity index (χ0v) is 8.83. The van der Waals surface area contributed by atoms with E-state index in [2.05, 4.69) is 4.84 Å². The van der Waals surface area contributed by atoms with Crippen molar-refractivity contribution in [3.63, 3.8) is 0 Å². The normalized spacial score (nSPS) is 29.1. The van der Waals surface area contributed by atoms with Gasteiger partial charge in [0.15, 0.2) is 0 Å². The quantitative estimate of drug-likeness (QED) is 0.485. The van der Waals surface area contributed by atoms with Crippen LogP contribution in [0.15, 0.2) is 0 Å². The van der Waals surface area contributed by atoms with Crippen LogP contribution in [-0.2, 0) is 4.84 Å². The summed E-state index contributed by atoms with van der Waals surface area (Å²) in [6.07, 6.45) is 0. The molecule has 8 heteroatoms. The molecule has 0 aromatic heterocycles. The molecule has 0 saturated carbocycles. The molecule has 0 aromatic rings. The summed E-state index contributed by atoms with van der Waals surface area (Å²) in [7, 11) is 0. The molecule has 0 radical (unpaired) electrons. The average Bonchev–Trinajstić information content (AvgIpc) is 1.97. The minimum Gasteiger partial charge on any atom is -0.286 e. The average molecular weight is 251 g/mol. The van der Waals surface area contributed by atoms with Gasteiger partial charge in [0.25, 0.3) is 0 Å². The predicted molar refractivity (Wildman–Crippen MR) is 42.4 cm³/mol. The number of hydrogen-bond acceptors (Lipinski definition) is 2. The summed E-state index contributed by atoms with van der Waals surface area (Å²) in [5.41, 5.74) is -1.52. The Kier molecular flexibility index (Phi) is 2.76. The lowest BCUT2D eigenvalue weighted by molar-refractivity contribution is -0.486. The van der Waals surface area contributed by atoms with Gasteiger partial charge in [0, 0.05) is 5.54 Å². The molecule has 1 aliphatic heterocycles. The fourth-order valence-electron chi connectivity index (χ4n) is 1.28. The van der Waals surface area contributed by atoms with E-state index >= 15 is 0 Å². The summed E-state index contributed by atoms with van der Waals surface area (Å²) in [4.78, 5) is 4.06. The van der Waals surface area contributed by atoms with Gasteiger partial charge < -0.3 is 0 Å². The molecule has 0 N–H and O–H groups in total. The van der Waals surface area contributed by atoms with Gasteiger partial charge in [-0.1, -0.05) is 0 Å². The zero-order valence-electron chi connectivity index (χ0n) is 8.83. The van der Waals surface area contributed by atoms with Crippen molar-refractivity contribution in [2.75, 3.05) is 6.61 Å². The van der Waals surface area contributed by atoms with Crippen LogP contribution in [0.3, 0.4) is 0 Å². The van der Waals surface area contributed by atoms with Crippen LogP contribution in [0.1, 0.15) is 20.8 Å². The van der Waals surface area contributed by atoms with Crippen molar-refractivity contribution < 1.29 is 31.2 Å². The second-order valence-corrected chi connectivity index (χ2v) is 4.56. The smallest absolute Gasteiger partial charge is 0.286 e. The third-order valence-corrected chi connectivity index (χ3v) is 2.08. The summed E-state index contributed by atoms with van der Waals surface area (Å²) >= 11 is 0. The van der Waals surface area contributed by atoms with Gasteiger partial charge in [0.05, 0.1) is 0 Å². The molecule has 0 aromatic carbocycles. The SMILES string of the molecule is CC(C)(C)N1OCC(F)(F)C(F)(F)C1(F)F. The molecule has 0 spiro atoms. The van der Waals surface area contributed by atoms with Gasteiger partial charge in [-0.15, -0.1) is 5.06 Å². The Balaban J connectivity index is 3.17. The Labute approximate surface area is 88.1 Å². The molecule has 0 aliphatic carbocycles. The van der Waals surface area contributed by atoms with Crippen molar-refractivity contribution in [1.82, 2.24) is 5.06 Å². The Morgan fingerprint density at radius 1 is 1.00 bits per heavy atom. The van der Waals surface area contributed by atoms with E-state index in [0.29, 0.717) is 0 Å². The zero-order chi connectivity index (χ0) is 13.0. The minimum atomic E-state index is -5.47. The maximum absolute atomic E-state index is 13.2. The van der Waals surface area contributed by atoms with Crippen molar-refractivity contribution >= 4 is 0 Å². The summed E-state index contributed by atoms with van der Waals surface area (Å²) in [5.74, 6) is -10.4. The van der Waals surface area contributed by atoms with Crippen LogP contribution in [0.25, 0.3) is 0 Å². The lowest BCUT2D eigenvalue weighted by Gasteiger charge is -2.48. The van der Waals surface area contributed by atoms with E-state index < -0.39 is 30.0 Å². The van der Waals surface area contributed by atoms with Crippen molar-refractivity contribution in [2.24, 2.45) is 0 Å². The van der Waals surface area contributed by atoms with E-state index in [4.69, 9.17) is 0 Å². The monoisotopic (exact) mass is 251 g/mol. The van der Waals surface area contributed by atoms with Crippen molar-refractivity contribution in [3.05, 3.63) is 0 Å². The fourth-order valence-corrected chi connectivity index (χ4v) is 1.28. The Morgan fingerprint density at radius 2 is 1.44 bits per heavy atom. The van der Waals surface area contributed by atoms with Crippen LogP contribution >= 0.6 is 0 Å². The predicted octanol–water partition coefficient (Wildman–Crippen LogP) is 2.90. The highest BCUT2D eigenvalue weighted by Gasteiger charge is 2.78. The van der Waals surface area contributed by atoms with Crippen molar-refractivity contribution in [3.8, 4) is 0 Å². The van der Waals surface area contributed by atoms with Gasteiger partial charge in [-0.2, -0.15) is 26.3 Å². The van der Waals surface area contributed by atoms with E-state index in [1.807, 2.05) is 0 Å². The second kappa shape index (κ2) is 3.25. The van der Waals surface area contributed by atoms with Crippen LogP contribution in [0.2, 0.25) is 0 Å². The largest absolute Gasteiger partial charge is 0.395 e. The molecular formula is C8H11F6NO. The number of halogens is 6. The van der Waals surface area contributed by atoms with Gasteiger partial charge in [-0.3, -0.25) is 4.84 Å². The second-order valence-electron chi connectivity index (χ2n) is 4.56. The summed E-state index contributed by atoms with van der Waals surface area (Å²) < 4.78 is 77.6. The van der Waals surface area contributed by atoms with Crippen LogP contribution < -0.4 is 0 Å². The molecule has 96 valence electrons. The fraction of sp³-hybridized carbons (Fsp3) is 1.00. The highest BCUT2D eigenvalue weighted by atomic mass is 19.3. The lowest BCUT2D eigenvalue weighted by Crippen LogP contribution is -2.71. The Morgan fingerprint density at radius 3 is 1.81 bits per heavy atom. The van der Waals surface area contributed by atoms with E-state index in [1.165, 1.54) is 0 Å². The molecule has 1 rings (SSSR count).